The predicted octanol–water partition coefficient (Wildman–Crippen LogP) is 4.49. The fourth-order valence-electron chi connectivity index (χ4n) is 1.94. The van der Waals surface area contributed by atoms with Crippen LogP contribution in [0.3, 0.4) is 0 Å². The molecule has 1 aromatic rings. The van der Waals surface area contributed by atoms with E-state index < -0.39 is 0 Å². The van der Waals surface area contributed by atoms with E-state index in [2.05, 4.69) is 47.1 Å². The van der Waals surface area contributed by atoms with E-state index in [4.69, 9.17) is 0 Å². The van der Waals surface area contributed by atoms with Crippen molar-refractivity contribution in [3.63, 3.8) is 0 Å². The Morgan fingerprint density at radius 1 is 1.29 bits per heavy atom. The molecule has 0 aromatic heterocycles. The predicted molar refractivity (Wildman–Crippen MR) is 64.8 cm³/mol. The Kier molecular flexibility index (Phi) is 3.27. The molecule has 0 unspecified atom stereocenters. The summed E-state index contributed by atoms with van der Waals surface area (Å²) in [5.74, 6) is 0.877. The maximum Gasteiger partial charge on any atom is 0.0423 e. The van der Waals surface area contributed by atoms with Gasteiger partial charge in [-0.25, -0.2) is 0 Å². The van der Waals surface area contributed by atoms with E-state index in [1.165, 1.54) is 30.4 Å². The van der Waals surface area contributed by atoms with Crippen LogP contribution in [0.1, 0.15) is 42.1 Å². The van der Waals surface area contributed by atoms with Crippen molar-refractivity contribution in [2.45, 2.75) is 37.4 Å². The van der Waals surface area contributed by atoms with Crippen molar-refractivity contribution in [3.05, 3.63) is 35.4 Å². The van der Waals surface area contributed by atoms with Gasteiger partial charge in [-0.2, -0.15) is 0 Å². The Labute approximate surface area is 94.8 Å². The first kappa shape index (κ1) is 10.2. The number of benzene rings is 1. The summed E-state index contributed by atoms with van der Waals surface area (Å²) < 4.78 is 0. The second kappa shape index (κ2) is 4.48. The minimum atomic E-state index is 0.585. The van der Waals surface area contributed by atoms with Gasteiger partial charge in [0, 0.05) is 4.83 Å². The second-order valence-electron chi connectivity index (χ2n) is 4.19. The quantitative estimate of drug-likeness (QED) is 0.696. The minimum Gasteiger partial charge on any atom is -0.0836 e. The fourth-order valence-corrected chi connectivity index (χ4v) is 2.78. The lowest BCUT2D eigenvalue weighted by Gasteiger charge is -2.30. The Morgan fingerprint density at radius 3 is 2.36 bits per heavy atom. The summed E-state index contributed by atoms with van der Waals surface area (Å²) in [5, 5.41) is 0. The topological polar surface area (TPSA) is 0 Å². The molecular formula is C13H17Br. The van der Waals surface area contributed by atoms with Crippen LogP contribution in [0.25, 0.3) is 0 Å². The molecule has 0 heterocycles. The highest BCUT2D eigenvalue weighted by Crippen LogP contribution is 2.42. The summed E-state index contributed by atoms with van der Waals surface area (Å²) >= 11 is 3.81. The molecule has 0 nitrogen and oxygen atoms in total. The second-order valence-corrected chi connectivity index (χ2v) is 5.17. The summed E-state index contributed by atoms with van der Waals surface area (Å²) in [6.07, 6.45) is 5.34. The van der Waals surface area contributed by atoms with Gasteiger partial charge in [0.25, 0.3) is 0 Å². The van der Waals surface area contributed by atoms with Crippen molar-refractivity contribution in [3.8, 4) is 0 Å². The maximum absolute atomic E-state index is 3.81. The van der Waals surface area contributed by atoms with Crippen LogP contribution in [0.5, 0.6) is 0 Å². The smallest absolute Gasteiger partial charge is 0.0423 e. The molecule has 0 saturated heterocycles. The van der Waals surface area contributed by atoms with Crippen molar-refractivity contribution >= 4 is 15.9 Å². The molecule has 1 saturated carbocycles. The third-order valence-corrected chi connectivity index (χ3v) is 4.55. The van der Waals surface area contributed by atoms with Gasteiger partial charge in [0.2, 0.25) is 0 Å². The maximum atomic E-state index is 3.81. The third kappa shape index (κ3) is 2.03. The van der Waals surface area contributed by atoms with E-state index in [0.29, 0.717) is 4.83 Å². The third-order valence-electron chi connectivity index (χ3n) is 3.27. The fraction of sp³-hybridized carbons (Fsp3) is 0.538. The van der Waals surface area contributed by atoms with Crippen LogP contribution in [0.15, 0.2) is 24.3 Å². The highest BCUT2D eigenvalue weighted by Gasteiger charge is 2.26. The van der Waals surface area contributed by atoms with E-state index in [-0.39, 0.29) is 0 Å². The number of rotatable bonds is 3. The van der Waals surface area contributed by atoms with Crippen LogP contribution in [0.4, 0.5) is 0 Å². The average Bonchev–Trinajstić information content (AvgIpc) is 2.15. The van der Waals surface area contributed by atoms with Gasteiger partial charge in [-0.15, -0.1) is 0 Å². The van der Waals surface area contributed by atoms with Gasteiger partial charge in [0.1, 0.15) is 0 Å². The number of hydrogen-bond acceptors (Lipinski definition) is 0. The van der Waals surface area contributed by atoms with Gasteiger partial charge in [-0.05, 0) is 36.3 Å². The molecule has 1 aromatic carbocycles. The Morgan fingerprint density at radius 2 is 1.93 bits per heavy atom. The lowest BCUT2D eigenvalue weighted by molar-refractivity contribution is 0.312. The van der Waals surface area contributed by atoms with Crippen LogP contribution in [0.2, 0.25) is 0 Å². The number of hydrogen-bond donors (Lipinski definition) is 0. The average molecular weight is 253 g/mol. The molecule has 0 amide bonds. The first-order chi connectivity index (χ1) is 6.81. The van der Waals surface area contributed by atoms with Gasteiger partial charge in [0.05, 0.1) is 0 Å². The van der Waals surface area contributed by atoms with Crippen LogP contribution in [-0.4, -0.2) is 0 Å². The van der Waals surface area contributed by atoms with E-state index in [0.717, 1.165) is 12.3 Å². The summed E-state index contributed by atoms with van der Waals surface area (Å²) in [7, 11) is 0. The molecule has 1 aliphatic rings. The largest absolute Gasteiger partial charge is 0.0836 e. The van der Waals surface area contributed by atoms with Crippen molar-refractivity contribution in [2.24, 2.45) is 5.92 Å². The van der Waals surface area contributed by atoms with Gasteiger partial charge < -0.3 is 0 Å². The number of aryl methyl sites for hydroxylation is 1. The molecule has 14 heavy (non-hydrogen) atoms. The molecule has 1 fully saturated rings. The highest BCUT2D eigenvalue weighted by atomic mass is 79.9. The van der Waals surface area contributed by atoms with Crippen LogP contribution in [-0.2, 0) is 6.42 Å². The molecule has 0 spiro atoms. The zero-order chi connectivity index (χ0) is 9.97. The first-order valence-electron chi connectivity index (χ1n) is 5.54. The minimum absolute atomic E-state index is 0.585. The van der Waals surface area contributed by atoms with E-state index in [9.17, 15) is 0 Å². The lowest BCUT2D eigenvalue weighted by Crippen LogP contribution is -2.16. The first-order valence-corrected chi connectivity index (χ1v) is 6.45. The van der Waals surface area contributed by atoms with Crippen molar-refractivity contribution in [1.29, 1.82) is 0 Å². The molecule has 1 heteroatoms. The molecule has 0 aliphatic heterocycles. The van der Waals surface area contributed by atoms with Gasteiger partial charge in [0.15, 0.2) is 0 Å². The monoisotopic (exact) mass is 252 g/mol. The van der Waals surface area contributed by atoms with Crippen LogP contribution in [0, 0.1) is 5.92 Å². The normalized spacial score (nSPS) is 19.0. The molecule has 76 valence electrons. The molecule has 1 aliphatic carbocycles. The Hall–Kier alpha value is -0.300. The molecule has 0 radical (unpaired) electrons. The van der Waals surface area contributed by atoms with Gasteiger partial charge in [-0.3, -0.25) is 0 Å². The van der Waals surface area contributed by atoms with E-state index >= 15 is 0 Å². The van der Waals surface area contributed by atoms with Crippen molar-refractivity contribution in [1.82, 2.24) is 0 Å². The zero-order valence-corrected chi connectivity index (χ0v) is 10.3. The lowest BCUT2D eigenvalue weighted by atomic mass is 9.81. The molecule has 0 bridgehead atoms. The van der Waals surface area contributed by atoms with Crippen LogP contribution >= 0.6 is 15.9 Å². The highest BCUT2D eigenvalue weighted by molar-refractivity contribution is 9.09. The summed E-state index contributed by atoms with van der Waals surface area (Å²) in [6.45, 7) is 2.20. The molecule has 0 N–H and O–H groups in total. The molecular weight excluding hydrogens is 236 g/mol. The Balaban J connectivity index is 2.07. The summed E-state index contributed by atoms with van der Waals surface area (Å²) in [6, 6.07) is 9.05. The summed E-state index contributed by atoms with van der Waals surface area (Å²) in [5.41, 5.74) is 2.88. The number of alkyl halides is 1. The zero-order valence-electron chi connectivity index (χ0n) is 8.67. The van der Waals surface area contributed by atoms with Gasteiger partial charge in [-0.1, -0.05) is 53.5 Å². The van der Waals surface area contributed by atoms with Crippen molar-refractivity contribution < 1.29 is 0 Å². The van der Waals surface area contributed by atoms with E-state index in [1.807, 2.05) is 0 Å². The SMILES string of the molecule is CCc1ccc([C@@H](Br)C2CCC2)cc1. The molecule has 1 atom stereocenters. The number of halogens is 1. The Bertz CT molecular complexity index is 285. The summed E-state index contributed by atoms with van der Waals surface area (Å²) in [4.78, 5) is 0.585. The van der Waals surface area contributed by atoms with Crippen LogP contribution < -0.4 is 0 Å². The van der Waals surface area contributed by atoms with Gasteiger partial charge >= 0.3 is 0 Å². The van der Waals surface area contributed by atoms with E-state index in [1.54, 1.807) is 0 Å². The van der Waals surface area contributed by atoms with Crippen molar-refractivity contribution in [2.75, 3.05) is 0 Å². The molecule has 2 rings (SSSR count). The standard InChI is InChI=1S/C13H17Br/c1-2-10-6-8-12(9-7-10)13(14)11-4-3-5-11/h6-9,11,13H,2-5H2,1H3/t13-/m0/s1.